The van der Waals surface area contributed by atoms with Crippen LogP contribution in [-0.2, 0) is 0 Å². The minimum atomic E-state index is -0.275. The quantitative estimate of drug-likeness (QED) is 0.758. The van der Waals surface area contributed by atoms with E-state index in [2.05, 4.69) is 10.3 Å². The molecule has 1 amide bonds. The number of carbonyl (C=O) groups excluding carboxylic acids is 1. The average Bonchev–Trinajstić information content (AvgIpc) is 3.16. The molecule has 0 atom stereocenters. The maximum atomic E-state index is 12.6. The number of nitrogens with zero attached hydrogens (tertiary/aromatic N) is 1. The van der Waals surface area contributed by atoms with E-state index in [9.17, 15) is 4.79 Å². The Hall–Kier alpha value is -3.06. The van der Waals surface area contributed by atoms with E-state index >= 15 is 0 Å². The highest BCUT2D eigenvalue weighted by Crippen LogP contribution is 2.34. The van der Waals surface area contributed by atoms with Crippen LogP contribution in [0.1, 0.15) is 10.4 Å². The number of aromatic nitrogens is 1. The van der Waals surface area contributed by atoms with E-state index in [1.807, 2.05) is 29.6 Å². The molecule has 1 aliphatic rings. The molecular formula is C19H16N2O4S. The summed E-state index contributed by atoms with van der Waals surface area (Å²) in [6, 6.07) is 12.9. The molecule has 0 unspecified atom stereocenters. The Morgan fingerprint density at radius 3 is 2.77 bits per heavy atom. The van der Waals surface area contributed by atoms with Crippen molar-refractivity contribution in [2.45, 2.75) is 0 Å². The van der Waals surface area contributed by atoms with Gasteiger partial charge in [-0.3, -0.25) is 10.1 Å². The first-order valence-electron chi connectivity index (χ1n) is 8.04. The molecule has 4 rings (SSSR count). The number of nitrogens with one attached hydrogen (secondary N) is 1. The van der Waals surface area contributed by atoms with Gasteiger partial charge in [-0.05, 0) is 36.4 Å². The smallest absolute Gasteiger partial charge is 0.261 e. The molecule has 1 aliphatic heterocycles. The topological polar surface area (TPSA) is 69.7 Å². The summed E-state index contributed by atoms with van der Waals surface area (Å²) in [7, 11) is 1.63. The first-order chi connectivity index (χ1) is 12.7. The second-order valence-electron chi connectivity index (χ2n) is 5.55. The second-order valence-corrected chi connectivity index (χ2v) is 6.41. The van der Waals surface area contributed by atoms with Gasteiger partial charge >= 0.3 is 0 Å². The molecule has 2 aromatic carbocycles. The summed E-state index contributed by atoms with van der Waals surface area (Å²) < 4.78 is 16.3. The highest BCUT2D eigenvalue weighted by Gasteiger charge is 2.21. The van der Waals surface area contributed by atoms with Gasteiger partial charge in [0, 0.05) is 10.9 Å². The Morgan fingerprint density at radius 1 is 1.15 bits per heavy atom. The van der Waals surface area contributed by atoms with Crippen LogP contribution in [0, 0.1) is 0 Å². The number of anilines is 1. The van der Waals surface area contributed by atoms with Crippen LogP contribution in [0.4, 0.5) is 5.13 Å². The summed E-state index contributed by atoms with van der Waals surface area (Å²) in [5, 5.41) is 5.25. The third-order valence-electron chi connectivity index (χ3n) is 3.92. The van der Waals surface area contributed by atoms with Crippen molar-refractivity contribution >= 4 is 22.4 Å². The molecule has 0 radical (unpaired) electrons. The molecule has 6 nitrogen and oxygen atoms in total. The molecule has 7 heteroatoms. The number of amides is 1. The fourth-order valence-corrected chi connectivity index (χ4v) is 3.36. The first-order valence-corrected chi connectivity index (χ1v) is 8.92. The van der Waals surface area contributed by atoms with Crippen LogP contribution in [0.5, 0.6) is 17.2 Å². The fraction of sp³-hybridized carbons (Fsp3) is 0.158. The minimum absolute atomic E-state index is 0.275. The predicted molar refractivity (Wildman–Crippen MR) is 99.5 cm³/mol. The summed E-state index contributed by atoms with van der Waals surface area (Å²) in [6.07, 6.45) is 0. The monoisotopic (exact) mass is 368 g/mol. The van der Waals surface area contributed by atoms with Crippen molar-refractivity contribution in [3.8, 4) is 28.5 Å². The maximum Gasteiger partial charge on any atom is 0.261 e. The lowest BCUT2D eigenvalue weighted by atomic mass is 10.1. The number of fused-ring (bicyclic) bond motifs is 1. The van der Waals surface area contributed by atoms with Crippen LogP contribution < -0.4 is 19.5 Å². The van der Waals surface area contributed by atoms with Crippen LogP contribution in [0.25, 0.3) is 11.3 Å². The van der Waals surface area contributed by atoms with Gasteiger partial charge in [0.15, 0.2) is 16.6 Å². The van der Waals surface area contributed by atoms with Gasteiger partial charge in [-0.25, -0.2) is 4.98 Å². The van der Waals surface area contributed by atoms with E-state index in [1.165, 1.54) is 11.3 Å². The number of methoxy groups -OCH3 is 1. The molecule has 1 aromatic heterocycles. The number of ether oxygens (including phenoxy) is 3. The van der Waals surface area contributed by atoms with E-state index in [0.29, 0.717) is 35.4 Å². The summed E-state index contributed by atoms with van der Waals surface area (Å²) in [5.74, 6) is 1.57. The summed E-state index contributed by atoms with van der Waals surface area (Å²) in [4.78, 5) is 17.1. The molecule has 0 bridgehead atoms. The lowest BCUT2D eigenvalue weighted by molar-refractivity contribution is 0.101. The van der Waals surface area contributed by atoms with Crippen LogP contribution in [0.15, 0.2) is 47.8 Å². The lowest BCUT2D eigenvalue weighted by Gasteiger charge is -2.20. The largest absolute Gasteiger partial charge is 0.497 e. The van der Waals surface area contributed by atoms with E-state index in [4.69, 9.17) is 14.2 Å². The van der Waals surface area contributed by atoms with Crippen LogP contribution in [0.3, 0.4) is 0 Å². The highest BCUT2D eigenvalue weighted by molar-refractivity contribution is 7.14. The predicted octanol–water partition coefficient (Wildman–Crippen LogP) is 3.84. The number of carbonyl (C=O) groups is 1. The van der Waals surface area contributed by atoms with Crippen LogP contribution in [-0.4, -0.2) is 31.2 Å². The summed E-state index contributed by atoms with van der Waals surface area (Å²) in [6.45, 7) is 0.909. The minimum Gasteiger partial charge on any atom is -0.497 e. The van der Waals surface area contributed by atoms with Crippen LogP contribution in [0.2, 0.25) is 0 Å². The molecule has 0 fully saturated rings. The molecule has 0 saturated heterocycles. The fourth-order valence-electron chi connectivity index (χ4n) is 2.64. The summed E-state index contributed by atoms with van der Waals surface area (Å²) in [5.41, 5.74) is 2.18. The van der Waals surface area contributed by atoms with E-state index in [0.717, 1.165) is 17.0 Å². The molecule has 0 aliphatic carbocycles. The second kappa shape index (κ2) is 7.05. The van der Waals surface area contributed by atoms with Gasteiger partial charge in [0.2, 0.25) is 0 Å². The standard InChI is InChI=1S/C19H16N2O4S/c1-23-13-7-5-12(6-8-13)15-11-26-19(20-15)21-18(22)14-3-2-4-16-17(14)25-10-9-24-16/h2-8,11H,9-10H2,1H3,(H,20,21,22). The molecule has 1 N–H and O–H groups in total. The Morgan fingerprint density at radius 2 is 1.96 bits per heavy atom. The van der Waals surface area contributed by atoms with Crippen molar-refractivity contribution in [2.75, 3.05) is 25.6 Å². The molecule has 132 valence electrons. The van der Waals surface area contributed by atoms with Crippen molar-refractivity contribution in [1.82, 2.24) is 4.98 Å². The zero-order chi connectivity index (χ0) is 17.9. The van der Waals surface area contributed by atoms with E-state index in [1.54, 1.807) is 25.3 Å². The third kappa shape index (κ3) is 3.21. The van der Waals surface area contributed by atoms with Crippen molar-refractivity contribution in [3.05, 3.63) is 53.4 Å². The molecule has 0 saturated carbocycles. The maximum absolute atomic E-state index is 12.6. The van der Waals surface area contributed by atoms with Crippen LogP contribution >= 0.6 is 11.3 Å². The van der Waals surface area contributed by atoms with Gasteiger partial charge in [-0.1, -0.05) is 6.07 Å². The SMILES string of the molecule is COc1ccc(-c2csc(NC(=O)c3cccc4c3OCCO4)n2)cc1. The zero-order valence-electron chi connectivity index (χ0n) is 14.0. The normalized spacial score (nSPS) is 12.5. The number of benzene rings is 2. The first kappa shape index (κ1) is 16.4. The molecule has 2 heterocycles. The van der Waals surface area contributed by atoms with Crippen molar-refractivity contribution in [3.63, 3.8) is 0 Å². The van der Waals surface area contributed by atoms with Gasteiger partial charge in [-0.15, -0.1) is 11.3 Å². The van der Waals surface area contributed by atoms with Gasteiger partial charge in [0.05, 0.1) is 18.4 Å². The number of para-hydroxylation sites is 1. The van der Waals surface area contributed by atoms with Crippen molar-refractivity contribution < 1.29 is 19.0 Å². The Bertz CT molecular complexity index is 937. The summed E-state index contributed by atoms with van der Waals surface area (Å²) >= 11 is 1.37. The van der Waals surface area contributed by atoms with Gasteiger partial charge in [0.25, 0.3) is 5.91 Å². The average molecular weight is 368 g/mol. The Balaban J connectivity index is 1.53. The molecular weight excluding hydrogens is 352 g/mol. The zero-order valence-corrected chi connectivity index (χ0v) is 14.8. The highest BCUT2D eigenvalue weighted by atomic mass is 32.1. The number of rotatable bonds is 4. The molecule has 3 aromatic rings. The molecule has 0 spiro atoms. The van der Waals surface area contributed by atoms with Gasteiger partial charge < -0.3 is 14.2 Å². The number of hydrogen-bond acceptors (Lipinski definition) is 6. The number of thiazole rings is 1. The van der Waals surface area contributed by atoms with E-state index < -0.39 is 0 Å². The number of hydrogen-bond donors (Lipinski definition) is 1. The van der Waals surface area contributed by atoms with E-state index in [-0.39, 0.29) is 5.91 Å². The molecule has 26 heavy (non-hydrogen) atoms. The van der Waals surface area contributed by atoms with Crippen molar-refractivity contribution in [2.24, 2.45) is 0 Å². The van der Waals surface area contributed by atoms with Gasteiger partial charge in [0.1, 0.15) is 19.0 Å². The Labute approximate surface area is 154 Å². The lowest BCUT2D eigenvalue weighted by Crippen LogP contribution is -2.20. The van der Waals surface area contributed by atoms with Crippen molar-refractivity contribution in [1.29, 1.82) is 0 Å². The van der Waals surface area contributed by atoms with Gasteiger partial charge in [-0.2, -0.15) is 0 Å². The third-order valence-corrected chi connectivity index (χ3v) is 4.68. The Kier molecular flexibility index (Phi) is 4.45.